The lowest BCUT2D eigenvalue weighted by atomic mass is 9.64. The van der Waals surface area contributed by atoms with Gasteiger partial charge in [-0.3, -0.25) is 0 Å². The minimum Gasteiger partial charge on any atom is -0.496 e. The lowest BCUT2D eigenvalue weighted by Crippen LogP contribution is -2.50. The second-order valence-electron chi connectivity index (χ2n) is 7.79. The summed E-state index contributed by atoms with van der Waals surface area (Å²) in [4.78, 5) is 14.3. The van der Waals surface area contributed by atoms with Crippen molar-refractivity contribution >= 4 is 11.7 Å². The van der Waals surface area contributed by atoms with Gasteiger partial charge in [-0.2, -0.15) is 0 Å². The molecular formula is C22H25NO4. The van der Waals surface area contributed by atoms with E-state index in [0.29, 0.717) is 12.2 Å². The van der Waals surface area contributed by atoms with Crippen LogP contribution in [0.1, 0.15) is 41.4 Å². The van der Waals surface area contributed by atoms with Gasteiger partial charge in [-0.25, -0.2) is 4.79 Å². The van der Waals surface area contributed by atoms with Crippen LogP contribution in [0.25, 0.3) is 0 Å². The van der Waals surface area contributed by atoms with E-state index in [1.54, 1.807) is 7.11 Å². The summed E-state index contributed by atoms with van der Waals surface area (Å²) in [5.74, 6) is 1.63. The second kappa shape index (κ2) is 6.19. The number of ether oxygens (including phenoxy) is 3. The van der Waals surface area contributed by atoms with E-state index in [0.717, 1.165) is 28.3 Å². The van der Waals surface area contributed by atoms with Crippen molar-refractivity contribution in [3.63, 3.8) is 0 Å². The van der Waals surface area contributed by atoms with Crippen LogP contribution in [0.15, 0.2) is 36.4 Å². The van der Waals surface area contributed by atoms with Gasteiger partial charge in [0.25, 0.3) is 0 Å². The van der Waals surface area contributed by atoms with E-state index in [1.807, 2.05) is 36.4 Å². The predicted molar refractivity (Wildman–Crippen MR) is 104 cm³/mol. The third-order valence-corrected chi connectivity index (χ3v) is 6.18. The molecule has 2 aliphatic rings. The number of methoxy groups -OCH3 is 2. The highest BCUT2D eigenvalue weighted by Crippen LogP contribution is 2.56. The Kier molecular flexibility index (Phi) is 4.06. The van der Waals surface area contributed by atoms with Crippen molar-refractivity contribution in [2.75, 3.05) is 32.8 Å². The maximum Gasteiger partial charge on any atom is 0.337 e. The quantitative estimate of drug-likeness (QED) is 0.752. The second-order valence-corrected chi connectivity index (χ2v) is 7.79. The molecule has 0 spiro atoms. The molecule has 0 saturated carbocycles. The third kappa shape index (κ3) is 2.48. The number of anilines is 1. The van der Waals surface area contributed by atoms with E-state index in [2.05, 4.69) is 25.8 Å². The molecule has 0 N–H and O–H groups in total. The van der Waals surface area contributed by atoms with Crippen LogP contribution in [0.5, 0.6) is 11.5 Å². The molecule has 2 aliphatic heterocycles. The molecule has 2 unspecified atom stereocenters. The molecule has 0 aliphatic carbocycles. The van der Waals surface area contributed by atoms with E-state index in [9.17, 15) is 4.79 Å². The van der Waals surface area contributed by atoms with Gasteiger partial charge in [0.15, 0.2) is 0 Å². The SMILES string of the molecule is COC(=O)c1ccc2c(c1)C(C)(C)C1COc3cccc(OC)c3C1N2C. The van der Waals surface area contributed by atoms with Crippen molar-refractivity contribution in [1.29, 1.82) is 0 Å². The molecule has 2 atom stereocenters. The molecule has 2 heterocycles. The Hall–Kier alpha value is -2.69. The van der Waals surface area contributed by atoms with Crippen LogP contribution in [0.4, 0.5) is 5.69 Å². The van der Waals surface area contributed by atoms with Gasteiger partial charge in [-0.05, 0) is 35.9 Å². The molecule has 5 nitrogen and oxygen atoms in total. The average molecular weight is 367 g/mol. The zero-order valence-corrected chi connectivity index (χ0v) is 16.4. The summed E-state index contributed by atoms with van der Waals surface area (Å²) in [5, 5.41) is 0. The highest BCUT2D eigenvalue weighted by molar-refractivity contribution is 5.90. The first-order valence-electron chi connectivity index (χ1n) is 9.15. The van der Waals surface area contributed by atoms with Crippen LogP contribution in [0.3, 0.4) is 0 Å². The first-order valence-corrected chi connectivity index (χ1v) is 9.15. The Balaban J connectivity index is 1.90. The van der Waals surface area contributed by atoms with Crippen molar-refractivity contribution in [3.05, 3.63) is 53.1 Å². The van der Waals surface area contributed by atoms with Gasteiger partial charge in [0.05, 0.1) is 38.0 Å². The average Bonchev–Trinajstić information content (AvgIpc) is 2.70. The Morgan fingerprint density at radius 1 is 1.22 bits per heavy atom. The number of hydrogen-bond acceptors (Lipinski definition) is 5. The molecule has 0 bridgehead atoms. The Labute approximate surface area is 159 Å². The highest BCUT2D eigenvalue weighted by atomic mass is 16.5. The summed E-state index contributed by atoms with van der Waals surface area (Å²) in [6, 6.07) is 11.9. The lowest BCUT2D eigenvalue weighted by molar-refractivity contribution is 0.0600. The monoisotopic (exact) mass is 367 g/mol. The van der Waals surface area contributed by atoms with Gasteiger partial charge < -0.3 is 19.1 Å². The summed E-state index contributed by atoms with van der Waals surface area (Å²) in [5.41, 5.74) is 3.74. The van der Waals surface area contributed by atoms with Gasteiger partial charge in [-0.1, -0.05) is 19.9 Å². The largest absolute Gasteiger partial charge is 0.496 e. The van der Waals surface area contributed by atoms with Gasteiger partial charge in [-0.15, -0.1) is 0 Å². The smallest absolute Gasteiger partial charge is 0.337 e. The van der Waals surface area contributed by atoms with E-state index in [4.69, 9.17) is 14.2 Å². The third-order valence-electron chi connectivity index (χ3n) is 6.18. The number of nitrogens with zero attached hydrogens (tertiary/aromatic N) is 1. The number of esters is 1. The van der Waals surface area contributed by atoms with Gasteiger partial charge in [0.1, 0.15) is 11.5 Å². The van der Waals surface area contributed by atoms with Crippen LogP contribution in [-0.2, 0) is 10.2 Å². The number of rotatable bonds is 2. The fourth-order valence-electron chi connectivity index (χ4n) is 4.61. The molecule has 142 valence electrons. The molecule has 2 aromatic rings. The molecule has 0 fully saturated rings. The molecule has 2 aromatic carbocycles. The molecule has 0 saturated heterocycles. The molecule has 27 heavy (non-hydrogen) atoms. The van der Waals surface area contributed by atoms with E-state index >= 15 is 0 Å². The molecule has 4 rings (SSSR count). The minimum atomic E-state index is -0.315. The Morgan fingerprint density at radius 3 is 2.70 bits per heavy atom. The number of benzene rings is 2. The first-order chi connectivity index (χ1) is 12.9. The predicted octanol–water partition coefficient (Wildman–Crippen LogP) is 3.96. The van der Waals surface area contributed by atoms with E-state index < -0.39 is 0 Å². The first kappa shape index (κ1) is 17.7. The van der Waals surface area contributed by atoms with Crippen molar-refractivity contribution in [2.24, 2.45) is 5.92 Å². The molecule has 0 amide bonds. The summed E-state index contributed by atoms with van der Waals surface area (Å²) in [7, 11) is 5.21. The van der Waals surface area contributed by atoms with Crippen LogP contribution in [0.2, 0.25) is 0 Å². The zero-order valence-electron chi connectivity index (χ0n) is 16.4. The summed E-state index contributed by atoms with van der Waals surface area (Å²) < 4.78 is 16.7. The zero-order chi connectivity index (χ0) is 19.3. The van der Waals surface area contributed by atoms with Crippen molar-refractivity contribution in [1.82, 2.24) is 0 Å². The van der Waals surface area contributed by atoms with Gasteiger partial charge in [0, 0.05) is 24.1 Å². The number of fused-ring (bicyclic) bond motifs is 4. The Morgan fingerprint density at radius 2 is 2.00 bits per heavy atom. The number of carbonyl (C=O) groups is 1. The fourth-order valence-corrected chi connectivity index (χ4v) is 4.61. The van der Waals surface area contributed by atoms with Crippen molar-refractivity contribution in [2.45, 2.75) is 25.3 Å². The minimum absolute atomic E-state index is 0.136. The number of carbonyl (C=O) groups excluding carboxylic acids is 1. The maximum absolute atomic E-state index is 12.0. The van der Waals surface area contributed by atoms with Gasteiger partial charge in [0.2, 0.25) is 0 Å². The topological polar surface area (TPSA) is 48.0 Å². The Bertz CT molecular complexity index is 891. The maximum atomic E-state index is 12.0. The fraction of sp³-hybridized carbons (Fsp3) is 0.409. The summed E-state index contributed by atoms with van der Waals surface area (Å²) >= 11 is 0. The van der Waals surface area contributed by atoms with Crippen molar-refractivity contribution in [3.8, 4) is 11.5 Å². The van der Waals surface area contributed by atoms with E-state index in [-0.39, 0.29) is 23.3 Å². The molecular weight excluding hydrogens is 342 g/mol. The highest BCUT2D eigenvalue weighted by Gasteiger charge is 2.49. The molecule has 0 radical (unpaired) electrons. The number of hydrogen-bond donors (Lipinski definition) is 0. The molecule has 0 aromatic heterocycles. The van der Waals surface area contributed by atoms with Crippen LogP contribution < -0.4 is 14.4 Å². The van der Waals surface area contributed by atoms with Crippen LogP contribution >= 0.6 is 0 Å². The molecule has 5 heteroatoms. The lowest BCUT2D eigenvalue weighted by Gasteiger charge is -2.52. The van der Waals surface area contributed by atoms with Crippen LogP contribution in [-0.4, -0.2) is 33.8 Å². The van der Waals surface area contributed by atoms with E-state index in [1.165, 1.54) is 7.11 Å². The van der Waals surface area contributed by atoms with Gasteiger partial charge >= 0.3 is 5.97 Å². The summed E-state index contributed by atoms with van der Waals surface area (Å²) in [6.07, 6.45) is 0. The van der Waals surface area contributed by atoms with Crippen molar-refractivity contribution < 1.29 is 19.0 Å². The van der Waals surface area contributed by atoms with Crippen LogP contribution in [0, 0.1) is 5.92 Å². The normalized spacial score (nSPS) is 22.0. The summed E-state index contributed by atoms with van der Waals surface area (Å²) in [6.45, 7) is 5.06. The standard InChI is InChI=1S/C22H25NO4/c1-22(2)14-11-13(21(24)26-5)9-10-16(14)23(3)20-15(22)12-27-18-8-6-7-17(25-4)19(18)20/h6-11,15,20H,12H2,1-5H3.